The summed E-state index contributed by atoms with van der Waals surface area (Å²) in [6, 6.07) is 6.96. The van der Waals surface area contributed by atoms with Gasteiger partial charge in [-0.25, -0.2) is 4.98 Å². The van der Waals surface area contributed by atoms with Crippen molar-refractivity contribution in [2.75, 3.05) is 12.8 Å². The van der Waals surface area contributed by atoms with Gasteiger partial charge in [-0.05, 0) is 38.2 Å². The van der Waals surface area contributed by atoms with E-state index in [0.29, 0.717) is 10.1 Å². The van der Waals surface area contributed by atoms with Gasteiger partial charge in [0.2, 0.25) is 0 Å². The fourth-order valence-electron chi connectivity index (χ4n) is 3.41. The molecule has 6 N–H and O–H groups in total. The van der Waals surface area contributed by atoms with Gasteiger partial charge in [0, 0.05) is 17.3 Å². The third-order valence-corrected chi connectivity index (χ3v) is 5.08. The van der Waals surface area contributed by atoms with Gasteiger partial charge in [0.1, 0.15) is 17.9 Å². The minimum Gasteiger partial charge on any atom is -0.398 e. The summed E-state index contributed by atoms with van der Waals surface area (Å²) in [6.07, 6.45) is 1.22. The van der Waals surface area contributed by atoms with Gasteiger partial charge in [0.15, 0.2) is 0 Å². The number of rotatable bonds is 2. The molecule has 13 heteroatoms. The number of hydrogen-bond acceptors (Lipinski definition) is 5. The van der Waals surface area contributed by atoms with Crippen molar-refractivity contribution < 1.29 is 31.1 Å². The van der Waals surface area contributed by atoms with Gasteiger partial charge in [-0.2, -0.15) is 31.4 Å². The van der Waals surface area contributed by atoms with Crippen LogP contribution in [0.1, 0.15) is 60.3 Å². The number of primary amides is 1. The third kappa shape index (κ3) is 11.1. The van der Waals surface area contributed by atoms with Gasteiger partial charge in [0.05, 0.1) is 5.52 Å². The van der Waals surface area contributed by atoms with Gasteiger partial charge in [-0.1, -0.05) is 50.2 Å². The number of hydrogen-bond donors (Lipinski definition) is 3. The summed E-state index contributed by atoms with van der Waals surface area (Å²) in [4.78, 5) is 14.1. The highest BCUT2D eigenvalue weighted by Gasteiger charge is 2.33. The first-order valence-corrected chi connectivity index (χ1v) is 11.5. The molecule has 1 saturated carbocycles. The van der Waals surface area contributed by atoms with Crippen LogP contribution < -0.4 is 17.2 Å². The van der Waals surface area contributed by atoms with E-state index >= 15 is 0 Å². The van der Waals surface area contributed by atoms with Crippen molar-refractivity contribution in [3.8, 4) is 0 Å². The molecule has 206 valence electrons. The quantitative estimate of drug-likeness (QED) is 0.369. The number of halogens is 6. The Morgan fingerprint density at radius 3 is 1.95 bits per heavy atom. The summed E-state index contributed by atoms with van der Waals surface area (Å²) >= 11 is 0. The summed E-state index contributed by atoms with van der Waals surface area (Å²) in [5, 5.41) is 3.87. The lowest BCUT2D eigenvalue weighted by atomic mass is 10.0. The number of carbonyl (C=O) groups excluding carboxylic acids is 1. The smallest absolute Gasteiger partial charge is 0.398 e. The lowest BCUT2D eigenvalue weighted by Crippen LogP contribution is -2.24. The van der Waals surface area contributed by atoms with Gasteiger partial charge < -0.3 is 17.2 Å². The van der Waals surface area contributed by atoms with Gasteiger partial charge >= 0.3 is 12.4 Å². The van der Waals surface area contributed by atoms with Gasteiger partial charge in [-0.3, -0.25) is 9.48 Å². The second kappa shape index (κ2) is 14.4. The number of amides is 1. The van der Waals surface area contributed by atoms with E-state index in [1.54, 1.807) is 12.1 Å². The van der Waals surface area contributed by atoms with E-state index < -0.39 is 30.5 Å². The van der Waals surface area contributed by atoms with Crippen LogP contribution >= 0.6 is 0 Å². The van der Waals surface area contributed by atoms with Crippen molar-refractivity contribution in [2.24, 2.45) is 11.5 Å². The van der Waals surface area contributed by atoms with Crippen molar-refractivity contribution >= 4 is 22.5 Å². The number of fused-ring (bicyclic) bond motifs is 1. The summed E-state index contributed by atoms with van der Waals surface area (Å²) in [5.74, 6) is -0.929. The fraction of sp³-hybridized carbons (Fsp3) is 0.458. The molecule has 0 spiro atoms. The first-order valence-electron chi connectivity index (χ1n) is 11.5. The average Bonchev–Trinajstić information content (AvgIpc) is 3.29. The zero-order chi connectivity index (χ0) is 28.2. The van der Waals surface area contributed by atoms with E-state index in [-0.39, 0.29) is 16.9 Å². The molecule has 4 rings (SSSR count). The predicted octanol–water partition coefficient (Wildman–Crippen LogP) is 5.60. The first-order chi connectivity index (χ1) is 17.3. The van der Waals surface area contributed by atoms with Gasteiger partial charge in [-0.15, -0.1) is 0 Å². The molecule has 0 saturated heterocycles. The lowest BCUT2D eigenvalue weighted by Gasteiger charge is -2.09. The van der Waals surface area contributed by atoms with Crippen LogP contribution in [0.25, 0.3) is 10.9 Å². The molecule has 0 radical (unpaired) electrons. The topological polar surface area (TPSA) is 126 Å². The lowest BCUT2D eigenvalue weighted by molar-refractivity contribution is -0.143. The molecule has 3 aromatic rings. The molecule has 0 bridgehead atoms. The fourth-order valence-corrected chi connectivity index (χ4v) is 3.41. The number of alkyl halides is 6. The molecule has 1 aromatic carbocycles. The van der Waals surface area contributed by atoms with Crippen LogP contribution in [0.15, 0.2) is 36.5 Å². The van der Waals surface area contributed by atoms with Crippen LogP contribution in [0.4, 0.5) is 32.0 Å². The normalized spacial score (nSPS) is 13.3. The monoisotopic (exact) mass is 534 g/mol. The molecule has 0 unspecified atom stereocenters. The molecule has 1 amide bonds. The Bertz CT molecular complexity index is 1110. The number of nitrogens with zero attached hydrogens (tertiary/aromatic N) is 3. The molecule has 2 heterocycles. The summed E-state index contributed by atoms with van der Waals surface area (Å²) in [5.41, 5.74) is 15.0. The molecule has 7 nitrogen and oxygen atoms in total. The summed E-state index contributed by atoms with van der Waals surface area (Å²) in [6.45, 7) is 0.537. The summed E-state index contributed by atoms with van der Waals surface area (Å²) in [7, 11) is 1.50. The van der Waals surface area contributed by atoms with E-state index in [4.69, 9.17) is 11.5 Å². The number of pyridine rings is 1. The van der Waals surface area contributed by atoms with Crippen LogP contribution in [0.3, 0.4) is 0 Å². The van der Waals surface area contributed by atoms with Crippen LogP contribution in [0, 0.1) is 6.92 Å². The molecule has 0 aliphatic heterocycles. The molecule has 1 fully saturated rings. The maximum absolute atomic E-state index is 12.5. The number of aromatic nitrogens is 3. The van der Waals surface area contributed by atoms with E-state index in [1.165, 1.54) is 51.6 Å². The molecular weight excluding hydrogens is 502 g/mol. The van der Waals surface area contributed by atoms with Crippen molar-refractivity contribution in [2.45, 2.75) is 64.3 Å². The molecule has 2 aromatic heterocycles. The number of carbonyl (C=O) groups is 1. The van der Waals surface area contributed by atoms with Crippen LogP contribution in [0.5, 0.6) is 0 Å². The van der Waals surface area contributed by atoms with Crippen LogP contribution in [-0.4, -0.2) is 33.9 Å². The number of nitrogen functional groups attached to an aromatic ring is 1. The highest BCUT2D eigenvalue weighted by atomic mass is 19.4. The SMILES string of the molecule is C1CCCCC1.CN.Cc1ccc2nc(C(F)(F)F)cc(N)c2c1.NC(=O)c1ccnn1CC(F)(F)F. The molecular formula is C24H32F6N6O. The van der Waals surface area contributed by atoms with Gasteiger partial charge in [0.25, 0.3) is 5.91 Å². The van der Waals surface area contributed by atoms with E-state index in [1.807, 2.05) is 6.92 Å². The Hall–Kier alpha value is -3.35. The maximum Gasteiger partial charge on any atom is 0.433 e. The largest absolute Gasteiger partial charge is 0.433 e. The Labute approximate surface area is 211 Å². The Morgan fingerprint density at radius 2 is 1.49 bits per heavy atom. The Balaban J connectivity index is 0.000000291. The maximum atomic E-state index is 12.5. The number of aryl methyl sites for hydroxylation is 1. The standard InChI is InChI=1S/C11H9F3N2.C6H6F3N3O.C6H12.CH5N/c1-6-2-3-9-7(4-6)8(15)5-10(16-9)11(12,13)14;7-6(8,9)3-12-4(5(10)13)1-2-11-12;1-2-4-6-5-3-1;1-2/h2-5H,1H3,(H2,15,16);1-2H,3H2,(H2,10,13);1-6H2;2H2,1H3. The molecule has 1 aliphatic rings. The number of anilines is 1. The number of benzene rings is 1. The van der Waals surface area contributed by atoms with Crippen molar-refractivity contribution in [3.05, 3.63) is 53.5 Å². The van der Waals surface area contributed by atoms with Crippen molar-refractivity contribution in [1.82, 2.24) is 14.8 Å². The summed E-state index contributed by atoms with van der Waals surface area (Å²) < 4.78 is 73.4. The Morgan fingerprint density at radius 1 is 0.946 bits per heavy atom. The minimum absolute atomic E-state index is 0.0982. The minimum atomic E-state index is -4.47. The molecule has 1 aliphatic carbocycles. The van der Waals surface area contributed by atoms with Crippen molar-refractivity contribution in [1.29, 1.82) is 0 Å². The average molecular weight is 535 g/mol. The van der Waals surface area contributed by atoms with Crippen molar-refractivity contribution in [3.63, 3.8) is 0 Å². The second-order valence-corrected chi connectivity index (χ2v) is 8.09. The predicted molar refractivity (Wildman–Crippen MR) is 131 cm³/mol. The highest BCUT2D eigenvalue weighted by Crippen LogP contribution is 2.32. The zero-order valence-electron chi connectivity index (χ0n) is 20.7. The molecule has 0 atom stereocenters. The molecule has 37 heavy (non-hydrogen) atoms. The zero-order valence-corrected chi connectivity index (χ0v) is 20.7. The second-order valence-electron chi connectivity index (χ2n) is 8.09. The highest BCUT2D eigenvalue weighted by molar-refractivity contribution is 5.91. The van der Waals surface area contributed by atoms with Crippen LogP contribution in [0.2, 0.25) is 0 Å². The first kappa shape index (κ1) is 31.7. The Kier molecular flexibility index (Phi) is 12.3. The van der Waals surface area contributed by atoms with E-state index in [0.717, 1.165) is 23.9 Å². The van der Waals surface area contributed by atoms with Crippen LogP contribution in [-0.2, 0) is 12.7 Å². The van der Waals surface area contributed by atoms with E-state index in [2.05, 4.69) is 15.8 Å². The van der Waals surface area contributed by atoms with E-state index in [9.17, 15) is 31.1 Å². The third-order valence-electron chi connectivity index (χ3n) is 5.08. The number of nitrogens with two attached hydrogens (primary N) is 3.